The number of nitrogens with one attached hydrogen (secondary N) is 1. The van der Waals surface area contributed by atoms with Gasteiger partial charge < -0.3 is 10.5 Å². The van der Waals surface area contributed by atoms with E-state index in [2.05, 4.69) is 9.88 Å². The van der Waals surface area contributed by atoms with Gasteiger partial charge in [-0.25, -0.2) is 0 Å². The molecule has 5 nitrogen and oxygen atoms in total. The largest absolute Gasteiger partial charge is 0.382 e. The quantitative estimate of drug-likeness (QED) is 0.631. The van der Waals surface area contributed by atoms with Crippen molar-refractivity contribution >= 4 is 5.84 Å². The highest BCUT2D eigenvalue weighted by Gasteiger charge is 2.35. The molecule has 2 fully saturated rings. The van der Waals surface area contributed by atoms with Crippen molar-refractivity contribution in [3.8, 4) is 0 Å². The van der Waals surface area contributed by atoms with Gasteiger partial charge >= 0.3 is 0 Å². The zero-order chi connectivity index (χ0) is 13.2. The molecule has 5 heteroatoms. The van der Waals surface area contributed by atoms with E-state index in [0.29, 0.717) is 17.8 Å². The Bertz CT molecular complexity index is 476. The number of fused-ring (bicyclic) bond motifs is 1. The Morgan fingerprint density at radius 2 is 2.42 bits per heavy atom. The Kier molecular flexibility index (Phi) is 3.48. The van der Waals surface area contributed by atoms with E-state index in [-0.39, 0.29) is 5.84 Å². The Morgan fingerprint density at radius 1 is 1.53 bits per heavy atom. The maximum atomic E-state index is 7.45. The zero-order valence-corrected chi connectivity index (χ0v) is 11.0. The van der Waals surface area contributed by atoms with Crippen LogP contribution < -0.4 is 5.73 Å². The number of rotatable bonds is 3. The van der Waals surface area contributed by atoms with Crippen molar-refractivity contribution in [1.29, 1.82) is 5.41 Å². The average Bonchev–Trinajstić information content (AvgIpc) is 2.88. The van der Waals surface area contributed by atoms with E-state index in [0.717, 1.165) is 19.7 Å². The summed E-state index contributed by atoms with van der Waals surface area (Å²) in [6.45, 7) is 2.71. The molecule has 102 valence electrons. The second kappa shape index (κ2) is 5.27. The highest BCUT2D eigenvalue weighted by molar-refractivity contribution is 5.93. The number of nitrogen functional groups attached to an aromatic ring is 1. The number of amidine groups is 1. The molecule has 3 rings (SSSR count). The second-order valence-electron chi connectivity index (χ2n) is 5.34. The number of morpholine rings is 1. The summed E-state index contributed by atoms with van der Waals surface area (Å²) < 4.78 is 5.82. The predicted octanol–water partition coefficient (Wildman–Crippen LogP) is 1.12. The summed E-state index contributed by atoms with van der Waals surface area (Å²) in [5, 5.41) is 7.45. The van der Waals surface area contributed by atoms with Crippen LogP contribution in [0.4, 0.5) is 0 Å². The number of ether oxygens (including phenoxy) is 1. The van der Waals surface area contributed by atoms with E-state index >= 15 is 0 Å². The van der Waals surface area contributed by atoms with Crippen LogP contribution in [0.15, 0.2) is 18.3 Å². The van der Waals surface area contributed by atoms with Gasteiger partial charge in [0.25, 0.3) is 0 Å². The van der Waals surface area contributed by atoms with Crippen LogP contribution in [0.5, 0.6) is 0 Å². The molecule has 1 aromatic rings. The summed E-state index contributed by atoms with van der Waals surface area (Å²) in [5.41, 5.74) is 7.23. The molecule has 1 aromatic heterocycles. The van der Waals surface area contributed by atoms with Crippen LogP contribution in [0.3, 0.4) is 0 Å². The van der Waals surface area contributed by atoms with Crippen LogP contribution in [-0.2, 0) is 11.3 Å². The van der Waals surface area contributed by atoms with E-state index in [9.17, 15) is 0 Å². The van der Waals surface area contributed by atoms with Gasteiger partial charge in [-0.3, -0.25) is 15.3 Å². The van der Waals surface area contributed by atoms with E-state index in [1.54, 1.807) is 6.20 Å². The number of nitrogens with zero attached hydrogens (tertiary/aromatic N) is 2. The minimum atomic E-state index is 0.0302. The zero-order valence-electron chi connectivity index (χ0n) is 11.0. The number of nitrogens with two attached hydrogens (primary N) is 1. The highest BCUT2D eigenvalue weighted by atomic mass is 16.5. The predicted molar refractivity (Wildman–Crippen MR) is 73.0 cm³/mol. The van der Waals surface area contributed by atoms with Gasteiger partial charge in [0, 0.05) is 25.3 Å². The summed E-state index contributed by atoms with van der Waals surface area (Å²) in [6.07, 6.45) is 5.84. The number of aromatic nitrogens is 1. The molecule has 2 aliphatic rings. The summed E-state index contributed by atoms with van der Waals surface area (Å²) in [4.78, 5) is 6.61. The van der Waals surface area contributed by atoms with Gasteiger partial charge in [0.2, 0.25) is 0 Å². The molecule has 1 aliphatic heterocycles. The van der Waals surface area contributed by atoms with Gasteiger partial charge in [-0.05, 0) is 37.0 Å². The lowest BCUT2D eigenvalue weighted by molar-refractivity contribution is -0.0588. The van der Waals surface area contributed by atoms with Crippen molar-refractivity contribution in [2.75, 3.05) is 13.2 Å². The monoisotopic (exact) mass is 260 g/mol. The summed E-state index contributed by atoms with van der Waals surface area (Å²) in [7, 11) is 0. The second-order valence-corrected chi connectivity index (χ2v) is 5.34. The van der Waals surface area contributed by atoms with Crippen LogP contribution in [0.2, 0.25) is 0 Å². The summed E-state index contributed by atoms with van der Waals surface area (Å²) in [5.74, 6) is 0.0302. The lowest BCUT2D eigenvalue weighted by atomic mass is 10.1. The fourth-order valence-corrected chi connectivity index (χ4v) is 3.16. The van der Waals surface area contributed by atoms with E-state index in [4.69, 9.17) is 15.9 Å². The van der Waals surface area contributed by atoms with Gasteiger partial charge in [0.1, 0.15) is 11.5 Å². The molecule has 0 spiro atoms. The first-order valence-electron chi connectivity index (χ1n) is 6.89. The van der Waals surface area contributed by atoms with Gasteiger partial charge in [-0.15, -0.1) is 0 Å². The molecule has 0 radical (unpaired) electrons. The lowest BCUT2D eigenvalue weighted by Gasteiger charge is -2.37. The van der Waals surface area contributed by atoms with Crippen molar-refractivity contribution < 1.29 is 4.74 Å². The van der Waals surface area contributed by atoms with E-state index < -0.39 is 0 Å². The molecular weight excluding hydrogens is 240 g/mol. The van der Waals surface area contributed by atoms with Gasteiger partial charge in [-0.2, -0.15) is 0 Å². The SMILES string of the molecule is N=C(N)c1cc(CN2CCOC3CCCC32)ccn1. The molecule has 1 aliphatic carbocycles. The minimum Gasteiger partial charge on any atom is -0.382 e. The van der Waals surface area contributed by atoms with Crippen LogP contribution in [0.1, 0.15) is 30.5 Å². The van der Waals surface area contributed by atoms with Crippen molar-refractivity contribution in [2.45, 2.75) is 38.0 Å². The molecular formula is C14H20N4O. The topological polar surface area (TPSA) is 75.2 Å². The molecule has 2 unspecified atom stereocenters. The Hall–Kier alpha value is -1.46. The van der Waals surface area contributed by atoms with Crippen LogP contribution in [0.25, 0.3) is 0 Å². The first kappa shape index (κ1) is 12.6. The molecule has 2 heterocycles. The van der Waals surface area contributed by atoms with Crippen LogP contribution >= 0.6 is 0 Å². The molecule has 1 saturated heterocycles. The summed E-state index contributed by atoms with van der Waals surface area (Å²) >= 11 is 0. The molecule has 0 bridgehead atoms. The third kappa shape index (κ3) is 2.62. The third-order valence-electron chi connectivity index (χ3n) is 4.08. The first-order valence-corrected chi connectivity index (χ1v) is 6.89. The number of hydrogen-bond acceptors (Lipinski definition) is 4. The molecule has 19 heavy (non-hydrogen) atoms. The van der Waals surface area contributed by atoms with Crippen LogP contribution in [0, 0.1) is 5.41 Å². The third-order valence-corrected chi connectivity index (χ3v) is 4.08. The maximum Gasteiger partial charge on any atom is 0.141 e. The Labute approximate surface area is 113 Å². The highest BCUT2D eigenvalue weighted by Crippen LogP contribution is 2.30. The fourth-order valence-electron chi connectivity index (χ4n) is 3.16. The smallest absolute Gasteiger partial charge is 0.141 e. The van der Waals surface area contributed by atoms with Crippen molar-refractivity contribution in [2.24, 2.45) is 5.73 Å². The molecule has 2 atom stereocenters. The maximum absolute atomic E-state index is 7.45. The molecule has 0 aromatic carbocycles. The normalized spacial score (nSPS) is 27.2. The van der Waals surface area contributed by atoms with E-state index in [1.807, 2.05) is 12.1 Å². The average molecular weight is 260 g/mol. The van der Waals surface area contributed by atoms with Gasteiger partial charge in [-0.1, -0.05) is 0 Å². The fraction of sp³-hybridized carbons (Fsp3) is 0.571. The van der Waals surface area contributed by atoms with E-state index in [1.165, 1.54) is 24.8 Å². The molecule has 1 saturated carbocycles. The van der Waals surface area contributed by atoms with Gasteiger partial charge in [0.15, 0.2) is 0 Å². The van der Waals surface area contributed by atoms with Crippen molar-refractivity contribution in [3.05, 3.63) is 29.6 Å². The minimum absolute atomic E-state index is 0.0302. The number of pyridine rings is 1. The molecule has 3 N–H and O–H groups in total. The lowest BCUT2D eigenvalue weighted by Crippen LogP contribution is -2.47. The van der Waals surface area contributed by atoms with Crippen molar-refractivity contribution in [1.82, 2.24) is 9.88 Å². The van der Waals surface area contributed by atoms with Crippen molar-refractivity contribution in [3.63, 3.8) is 0 Å². The first-order chi connectivity index (χ1) is 9.24. The number of hydrogen-bond donors (Lipinski definition) is 2. The van der Waals surface area contributed by atoms with Gasteiger partial charge in [0.05, 0.1) is 12.7 Å². The Morgan fingerprint density at radius 3 is 3.26 bits per heavy atom. The Balaban J connectivity index is 1.73. The standard InChI is InChI=1S/C14H20N4O/c15-14(16)11-8-10(4-5-17-11)9-18-6-7-19-13-3-1-2-12(13)18/h4-5,8,12-13H,1-3,6-7,9H2,(H3,15,16). The molecule has 0 amide bonds. The summed E-state index contributed by atoms with van der Waals surface area (Å²) in [6, 6.07) is 4.48. The van der Waals surface area contributed by atoms with Crippen LogP contribution in [-0.4, -0.2) is 41.0 Å².